The number of nitrogens with one attached hydrogen (secondary N) is 1. The van der Waals surface area contributed by atoms with Gasteiger partial charge in [-0.1, -0.05) is 36.4 Å². The van der Waals surface area contributed by atoms with E-state index >= 15 is 0 Å². The quantitative estimate of drug-likeness (QED) is 0.829. The molecule has 1 saturated heterocycles. The van der Waals surface area contributed by atoms with E-state index in [9.17, 15) is 4.79 Å². The van der Waals surface area contributed by atoms with Crippen LogP contribution in [0.2, 0.25) is 0 Å². The molecule has 6 nitrogen and oxygen atoms in total. The SMILES string of the molecule is COc1cccc(OC)c1C(=O)NC1CN(C)CCN(Cc2ccccc2)C1. The van der Waals surface area contributed by atoms with E-state index in [4.69, 9.17) is 9.47 Å². The molecule has 1 N–H and O–H groups in total. The van der Waals surface area contributed by atoms with Crippen LogP contribution in [0.5, 0.6) is 11.5 Å². The summed E-state index contributed by atoms with van der Waals surface area (Å²) in [5.74, 6) is 0.856. The van der Waals surface area contributed by atoms with Crippen LogP contribution < -0.4 is 14.8 Å². The zero-order chi connectivity index (χ0) is 19.9. The number of amides is 1. The van der Waals surface area contributed by atoms with Gasteiger partial charge in [0.05, 0.1) is 20.3 Å². The molecule has 6 heteroatoms. The first kappa shape index (κ1) is 20.2. The fraction of sp³-hybridized carbons (Fsp3) is 0.409. The fourth-order valence-corrected chi connectivity index (χ4v) is 3.65. The molecule has 1 fully saturated rings. The first-order chi connectivity index (χ1) is 13.6. The van der Waals surface area contributed by atoms with E-state index in [0.717, 1.165) is 32.7 Å². The number of hydrogen-bond acceptors (Lipinski definition) is 5. The molecule has 28 heavy (non-hydrogen) atoms. The van der Waals surface area contributed by atoms with Crippen LogP contribution >= 0.6 is 0 Å². The Labute approximate surface area is 167 Å². The van der Waals surface area contributed by atoms with Gasteiger partial charge in [0.2, 0.25) is 0 Å². The van der Waals surface area contributed by atoms with Crippen LogP contribution in [-0.4, -0.2) is 69.2 Å². The van der Waals surface area contributed by atoms with Gasteiger partial charge in [0, 0.05) is 32.7 Å². The third kappa shape index (κ3) is 5.03. The van der Waals surface area contributed by atoms with Gasteiger partial charge in [-0.3, -0.25) is 9.69 Å². The fourth-order valence-electron chi connectivity index (χ4n) is 3.65. The summed E-state index contributed by atoms with van der Waals surface area (Å²) in [5.41, 5.74) is 1.72. The number of rotatable bonds is 6. The average Bonchev–Trinajstić information content (AvgIpc) is 2.88. The molecule has 150 valence electrons. The molecule has 0 saturated carbocycles. The Morgan fingerprint density at radius 2 is 1.68 bits per heavy atom. The first-order valence-corrected chi connectivity index (χ1v) is 9.57. The minimum atomic E-state index is -0.172. The Morgan fingerprint density at radius 1 is 1.00 bits per heavy atom. The van der Waals surface area contributed by atoms with E-state index in [1.165, 1.54) is 5.56 Å². The third-order valence-corrected chi connectivity index (χ3v) is 5.05. The molecular formula is C22H29N3O3. The second-order valence-corrected chi connectivity index (χ2v) is 7.19. The molecule has 1 atom stereocenters. The molecule has 1 aliphatic heterocycles. The third-order valence-electron chi connectivity index (χ3n) is 5.05. The van der Waals surface area contributed by atoms with E-state index in [-0.39, 0.29) is 11.9 Å². The lowest BCUT2D eigenvalue weighted by atomic mass is 10.1. The van der Waals surface area contributed by atoms with Crippen molar-refractivity contribution in [1.82, 2.24) is 15.1 Å². The maximum Gasteiger partial charge on any atom is 0.259 e. The summed E-state index contributed by atoms with van der Waals surface area (Å²) in [6, 6.07) is 15.8. The topological polar surface area (TPSA) is 54.0 Å². The summed E-state index contributed by atoms with van der Waals surface area (Å²) in [4.78, 5) is 17.7. The molecule has 1 unspecified atom stereocenters. The van der Waals surface area contributed by atoms with E-state index in [2.05, 4.69) is 46.4 Å². The molecule has 2 aromatic carbocycles. The molecule has 0 aliphatic carbocycles. The van der Waals surface area contributed by atoms with Gasteiger partial charge in [-0.05, 0) is 24.7 Å². The second kappa shape index (κ2) is 9.57. The van der Waals surface area contributed by atoms with Crippen molar-refractivity contribution < 1.29 is 14.3 Å². The van der Waals surface area contributed by atoms with Crippen LogP contribution in [-0.2, 0) is 6.54 Å². The largest absolute Gasteiger partial charge is 0.496 e. The molecule has 1 heterocycles. The molecule has 0 spiro atoms. The van der Waals surface area contributed by atoms with E-state index in [0.29, 0.717) is 17.1 Å². The van der Waals surface area contributed by atoms with Crippen LogP contribution in [0.25, 0.3) is 0 Å². The van der Waals surface area contributed by atoms with Crippen LogP contribution in [0, 0.1) is 0 Å². The normalized spacial score (nSPS) is 18.3. The van der Waals surface area contributed by atoms with E-state index in [1.54, 1.807) is 26.4 Å². The monoisotopic (exact) mass is 383 g/mol. The summed E-state index contributed by atoms with van der Waals surface area (Å²) in [6.07, 6.45) is 0. The number of carbonyl (C=O) groups excluding carboxylic acids is 1. The molecule has 3 rings (SSSR count). The zero-order valence-corrected chi connectivity index (χ0v) is 16.9. The van der Waals surface area contributed by atoms with Crippen molar-refractivity contribution in [3.63, 3.8) is 0 Å². The average molecular weight is 383 g/mol. The number of hydrogen-bond donors (Lipinski definition) is 1. The number of nitrogens with zero attached hydrogens (tertiary/aromatic N) is 2. The van der Waals surface area contributed by atoms with Gasteiger partial charge in [-0.25, -0.2) is 0 Å². The summed E-state index contributed by atoms with van der Waals surface area (Å²) >= 11 is 0. The number of carbonyl (C=O) groups is 1. The van der Waals surface area contributed by atoms with Crippen molar-refractivity contribution in [2.75, 3.05) is 47.4 Å². The molecule has 1 aliphatic rings. The predicted octanol–water partition coefficient (Wildman–Crippen LogP) is 2.25. The highest BCUT2D eigenvalue weighted by Crippen LogP contribution is 2.28. The lowest BCUT2D eigenvalue weighted by Gasteiger charge is -2.25. The Kier molecular flexibility index (Phi) is 6.90. The van der Waals surface area contributed by atoms with Crippen molar-refractivity contribution in [2.24, 2.45) is 0 Å². The number of likely N-dealkylation sites (N-methyl/N-ethyl adjacent to an activating group) is 1. The highest BCUT2D eigenvalue weighted by Gasteiger charge is 2.25. The Balaban J connectivity index is 1.74. The number of benzene rings is 2. The first-order valence-electron chi connectivity index (χ1n) is 9.57. The Hall–Kier alpha value is -2.57. The Bertz CT molecular complexity index is 760. The van der Waals surface area contributed by atoms with Crippen molar-refractivity contribution in [1.29, 1.82) is 0 Å². The minimum absolute atomic E-state index is 0.0123. The number of methoxy groups -OCH3 is 2. The highest BCUT2D eigenvalue weighted by molar-refractivity contribution is 5.99. The van der Waals surface area contributed by atoms with Crippen LogP contribution in [0.3, 0.4) is 0 Å². The van der Waals surface area contributed by atoms with Gasteiger partial charge >= 0.3 is 0 Å². The van der Waals surface area contributed by atoms with Gasteiger partial charge in [-0.15, -0.1) is 0 Å². The van der Waals surface area contributed by atoms with Crippen molar-refractivity contribution in [3.05, 3.63) is 59.7 Å². The highest BCUT2D eigenvalue weighted by atomic mass is 16.5. The Morgan fingerprint density at radius 3 is 2.32 bits per heavy atom. The standard InChI is InChI=1S/C22H29N3O3/c1-24-12-13-25(14-17-8-5-4-6-9-17)16-18(15-24)23-22(26)21-19(27-2)10-7-11-20(21)28-3/h4-11,18H,12-16H2,1-3H3,(H,23,26). The minimum Gasteiger partial charge on any atom is -0.496 e. The van der Waals surface area contributed by atoms with Gasteiger partial charge in [-0.2, -0.15) is 0 Å². The van der Waals surface area contributed by atoms with Crippen LogP contribution in [0.4, 0.5) is 0 Å². The summed E-state index contributed by atoms with van der Waals surface area (Å²) < 4.78 is 10.8. The maximum atomic E-state index is 13.0. The predicted molar refractivity (Wildman–Crippen MR) is 110 cm³/mol. The van der Waals surface area contributed by atoms with Crippen molar-refractivity contribution >= 4 is 5.91 Å². The maximum absolute atomic E-state index is 13.0. The molecule has 0 bridgehead atoms. The van der Waals surface area contributed by atoms with E-state index in [1.807, 2.05) is 12.1 Å². The lowest BCUT2D eigenvalue weighted by Crippen LogP contribution is -2.46. The molecule has 0 radical (unpaired) electrons. The van der Waals surface area contributed by atoms with Gasteiger partial charge in [0.1, 0.15) is 17.1 Å². The van der Waals surface area contributed by atoms with Crippen LogP contribution in [0.1, 0.15) is 15.9 Å². The van der Waals surface area contributed by atoms with Gasteiger partial charge < -0.3 is 19.7 Å². The zero-order valence-electron chi connectivity index (χ0n) is 16.9. The van der Waals surface area contributed by atoms with Crippen molar-refractivity contribution in [2.45, 2.75) is 12.6 Å². The molecule has 2 aromatic rings. The van der Waals surface area contributed by atoms with Gasteiger partial charge in [0.25, 0.3) is 5.91 Å². The van der Waals surface area contributed by atoms with Crippen LogP contribution in [0.15, 0.2) is 48.5 Å². The summed E-state index contributed by atoms with van der Waals surface area (Å²) in [6.45, 7) is 4.41. The second-order valence-electron chi connectivity index (χ2n) is 7.19. The van der Waals surface area contributed by atoms with E-state index < -0.39 is 0 Å². The summed E-state index contributed by atoms with van der Waals surface area (Å²) in [5, 5.41) is 3.19. The molecule has 0 aromatic heterocycles. The molecular weight excluding hydrogens is 354 g/mol. The lowest BCUT2D eigenvalue weighted by molar-refractivity contribution is 0.0917. The van der Waals surface area contributed by atoms with Crippen molar-refractivity contribution in [3.8, 4) is 11.5 Å². The molecule has 1 amide bonds. The van der Waals surface area contributed by atoms with Gasteiger partial charge in [0.15, 0.2) is 0 Å². The number of ether oxygens (including phenoxy) is 2. The smallest absolute Gasteiger partial charge is 0.259 e. The summed E-state index contributed by atoms with van der Waals surface area (Å²) in [7, 11) is 5.22.